The summed E-state index contributed by atoms with van der Waals surface area (Å²) >= 11 is 0. The Kier molecular flexibility index (Phi) is 3.89. The first-order valence-electron chi connectivity index (χ1n) is 6.09. The van der Waals surface area contributed by atoms with E-state index in [-0.39, 0.29) is 0 Å². The van der Waals surface area contributed by atoms with Crippen LogP contribution in [0.3, 0.4) is 0 Å². The van der Waals surface area contributed by atoms with Gasteiger partial charge in [0, 0.05) is 17.8 Å². The van der Waals surface area contributed by atoms with Crippen molar-refractivity contribution in [2.24, 2.45) is 5.73 Å². The number of aryl methyl sites for hydroxylation is 1. The number of benzene rings is 1. The molecule has 0 bridgehead atoms. The van der Waals surface area contributed by atoms with E-state index >= 15 is 0 Å². The van der Waals surface area contributed by atoms with Crippen LogP contribution in [0.4, 0.5) is 0 Å². The van der Waals surface area contributed by atoms with Gasteiger partial charge in [0.05, 0.1) is 5.69 Å². The van der Waals surface area contributed by atoms with Crippen molar-refractivity contribution in [3.63, 3.8) is 0 Å². The van der Waals surface area contributed by atoms with Crippen molar-refractivity contribution < 1.29 is 0 Å². The maximum atomic E-state index is 5.65. The van der Waals surface area contributed by atoms with Gasteiger partial charge >= 0.3 is 0 Å². The van der Waals surface area contributed by atoms with Crippen LogP contribution in [0.5, 0.6) is 0 Å². The largest absolute Gasteiger partial charge is 0.326 e. The minimum absolute atomic E-state index is 0.572. The van der Waals surface area contributed by atoms with E-state index in [1.165, 1.54) is 0 Å². The molecule has 0 amide bonds. The second-order valence-electron chi connectivity index (χ2n) is 4.17. The van der Waals surface area contributed by atoms with Crippen LogP contribution >= 0.6 is 0 Å². The van der Waals surface area contributed by atoms with Crippen LogP contribution in [-0.4, -0.2) is 4.98 Å². The third kappa shape index (κ3) is 2.92. The third-order valence-electron chi connectivity index (χ3n) is 2.77. The molecule has 2 heteroatoms. The van der Waals surface area contributed by atoms with Crippen LogP contribution < -0.4 is 5.73 Å². The molecule has 88 valence electrons. The minimum Gasteiger partial charge on any atom is -0.326 e. The van der Waals surface area contributed by atoms with Gasteiger partial charge in [-0.1, -0.05) is 37.6 Å². The van der Waals surface area contributed by atoms with Gasteiger partial charge in [0.1, 0.15) is 0 Å². The molecule has 1 aromatic carbocycles. The van der Waals surface area contributed by atoms with E-state index in [0.717, 1.165) is 35.4 Å². The van der Waals surface area contributed by atoms with Crippen molar-refractivity contribution in [3.8, 4) is 11.3 Å². The Labute approximate surface area is 103 Å². The molecule has 0 unspecified atom stereocenters. The number of nitrogens with zero attached hydrogens (tertiary/aromatic N) is 1. The van der Waals surface area contributed by atoms with E-state index in [0.29, 0.717) is 6.54 Å². The summed E-state index contributed by atoms with van der Waals surface area (Å²) in [6.07, 6.45) is 2.16. The minimum atomic E-state index is 0.572. The quantitative estimate of drug-likeness (QED) is 0.869. The molecule has 0 aliphatic rings. The lowest BCUT2D eigenvalue weighted by molar-refractivity contribution is 0.884. The van der Waals surface area contributed by atoms with Gasteiger partial charge in [-0.25, -0.2) is 0 Å². The highest BCUT2D eigenvalue weighted by molar-refractivity contribution is 5.60. The first-order valence-corrected chi connectivity index (χ1v) is 6.09. The van der Waals surface area contributed by atoms with Crippen LogP contribution in [-0.2, 0) is 13.0 Å². The maximum Gasteiger partial charge on any atom is 0.0705 e. The van der Waals surface area contributed by atoms with Gasteiger partial charge in [-0.15, -0.1) is 0 Å². The lowest BCUT2D eigenvalue weighted by atomic mass is 10.1. The highest BCUT2D eigenvalue weighted by atomic mass is 14.7. The summed E-state index contributed by atoms with van der Waals surface area (Å²) in [5, 5.41) is 0. The van der Waals surface area contributed by atoms with Gasteiger partial charge in [0.25, 0.3) is 0 Å². The Morgan fingerprint density at radius 3 is 2.71 bits per heavy atom. The molecule has 2 nitrogen and oxygen atoms in total. The number of rotatable bonds is 4. The van der Waals surface area contributed by atoms with E-state index in [4.69, 9.17) is 5.73 Å². The average molecular weight is 226 g/mol. The second kappa shape index (κ2) is 5.60. The smallest absolute Gasteiger partial charge is 0.0705 e. The number of nitrogens with two attached hydrogens (primary N) is 1. The normalized spacial score (nSPS) is 10.5. The predicted molar refractivity (Wildman–Crippen MR) is 71.6 cm³/mol. The molecule has 1 heterocycles. The molecule has 0 fully saturated rings. The van der Waals surface area contributed by atoms with Crippen molar-refractivity contribution in [1.29, 1.82) is 0 Å². The van der Waals surface area contributed by atoms with Crippen LogP contribution in [0, 0.1) is 0 Å². The number of hydrogen-bond donors (Lipinski definition) is 1. The van der Waals surface area contributed by atoms with E-state index in [1.807, 2.05) is 12.1 Å². The summed E-state index contributed by atoms with van der Waals surface area (Å²) in [5.41, 5.74) is 10.1. The maximum absolute atomic E-state index is 5.65. The molecular weight excluding hydrogens is 208 g/mol. The molecule has 0 saturated heterocycles. The molecule has 2 aromatic rings. The molecule has 2 rings (SSSR count). The van der Waals surface area contributed by atoms with Gasteiger partial charge in [0.15, 0.2) is 0 Å². The van der Waals surface area contributed by atoms with E-state index < -0.39 is 0 Å². The summed E-state index contributed by atoms with van der Waals surface area (Å²) < 4.78 is 0. The highest BCUT2D eigenvalue weighted by Gasteiger charge is 2.01. The Bertz CT molecular complexity index is 492. The fourth-order valence-corrected chi connectivity index (χ4v) is 1.89. The highest BCUT2D eigenvalue weighted by Crippen LogP contribution is 2.18. The summed E-state index contributed by atoms with van der Waals surface area (Å²) in [6, 6.07) is 14.5. The Morgan fingerprint density at radius 1 is 1.12 bits per heavy atom. The van der Waals surface area contributed by atoms with Gasteiger partial charge < -0.3 is 5.73 Å². The molecule has 0 aliphatic heterocycles. The van der Waals surface area contributed by atoms with Crippen LogP contribution in [0.25, 0.3) is 11.3 Å². The zero-order valence-corrected chi connectivity index (χ0v) is 10.2. The molecule has 0 atom stereocenters. The van der Waals surface area contributed by atoms with Crippen molar-refractivity contribution in [1.82, 2.24) is 4.98 Å². The van der Waals surface area contributed by atoms with E-state index in [2.05, 4.69) is 42.2 Å². The lowest BCUT2D eigenvalue weighted by Gasteiger charge is -2.05. The second-order valence-corrected chi connectivity index (χ2v) is 4.17. The van der Waals surface area contributed by atoms with Gasteiger partial charge in [-0.2, -0.15) is 0 Å². The first-order chi connectivity index (χ1) is 8.33. The van der Waals surface area contributed by atoms with Crippen LogP contribution in [0.1, 0.15) is 24.6 Å². The summed E-state index contributed by atoms with van der Waals surface area (Å²) in [4.78, 5) is 4.67. The topological polar surface area (TPSA) is 38.9 Å². The summed E-state index contributed by atoms with van der Waals surface area (Å²) in [6.45, 7) is 2.74. The lowest BCUT2D eigenvalue weighted by Crippen LogP contribution is -1.97. The molecule has 2 N–H and O–H groups in total. The number of pyridine rings is 1. The van der Waals surface area contributed by atoms with E-state index in [1.54, 1.807) is 0 Å². The fourth-order valence-electron chi connectivity index (χ4n) is 1.89. The molecule has 1 aromatic heterocycles. The zero-order valence-electron chi connectivity index (χ0n) is 10.2. The van der Waals surface area contributed by atoms with Crippen LogP contribution in [0.2, 0.25) is 0 Å². The Morgan fingerprint density at radius 2 is 1.94 bits per heavy atom. The van der Waals surface area contributed by atoms with E-state index in [9.17, 15) is 0 Å². The standard InChI is InChI=1S/C15H18N2/c1-2-5-14-8-4-9-15(17-14)13-7-3-6-12(10-13)11-16/h3-4,6-10H,2,5,11,16H2,1H3. The van der Waals surface area contributed by atoms with Crippen molar-refractivity contribution in [3.05, 3.63) is 53.7 Å². The van der Waals surface area contributed by atoms with Crippen molar-refractivity contribution >= 4 is 0 Å². The SMILES string of the molecule is CCCc1cccc(-c2cccc(CN)c2)n1. The van der Waals surface area contributed by atoms with Crippen LogP contribution in [0.15, 0.2) is 42.5 Å². The summed E-state index contributed by atoms with van der Waals surface area (Å²) in [5.74, 6) is 0. The monoisotopic (exact) mass is 226 g/mol. The van der Waals surface area contributed by atoms with Crippen molar-refractivity contribution in [2.45, 2.75) is 26.3 Å². The molecule has 0 spiro atoms. The van der Waals surface area contributed by atoms with Gasteiger partial charge in [-0.3, -0.25) is 4.98 Å². The molecule has 0 aliphatic carbocycles. The van der Waals surface area contributed by atoms with Gasteiger partial charge in [-0.05, 0) is 30.2 Å². The van der Waals surface area contributed by atoms with Crippen molar-refractivity contribution in [2.75, 3.05) is 0 Å². The first kappa shape index (κ1) is 11.8. The molecular formula is C15H18N2. The molecule has 0 radical (unpaired) electrons. The summed E-state index contributed by atoms with van der Waals surface area (Å²) in [7, 11) is 0. The fraction of sp³-hybridized carbons (Fsp3) is 0.267. The molecule has 17 heavy (non-hydrogen) atoms. The third-order valence-corrected chi connectivity index (χ3v) is 2.77. The Balaban J connectivity index is 2.34. The Hall–Kier alpha value is -1.67. The number of aromatic nitrogens is 1. The molecule has 0 saturated carbocycles. The zero-order chi connectivity index (χ0) is 12.1. The van der Waals surface area contributed by atoms with Gasteiger partial charge in [0.2, 0.25) is 0 Å². The number of hydrogen-bond acceptors (Lipinski definition) is 2. The average Bonchev–Trinajstić information content (AvgIpc) is 2.40. The predicted octanol–water partition coefficient (Wildman–Crippen LogP) is 3.16.